The molecule has 4 atom stereocenters. The zero-order valence-corrected chi connectivity index (χ0v) is 22.3. The molecule has 1 heterocycles. The first kappa shape index (κ1) is 27.9. The molecule has 0 bridgehead atoms. The van der Waals surface area contributed by atoms with Crippen molar-refractivity contribution in [3.63, 3.8) is 0 Å². The Bertz CT molecular complexity index is 1160. The van der Waals surface area contributed by atoms with Gasteiger partial charge in [0, 0.05) is 37.0 Å². The van der Waals surface area contributed by atoms with Gasteiger partial charge in [0.1, 0.15) is 11.2 Å². The number of carbonyl (C=O) groups is 2. The van der Waals surface area contributed by atoms with Crippen LogP contribution in [0.1, 0.15) is 51.2 Å². The summed E-state index contributed by atoms with van der Waals surface area (Å²) in [6.45, 7) is 7.97. The van der Waals surface area contributed by atoms with Gasteiger partial charge in [0.05, 0.1) is 17.1 Å². The number of nitrogens with zero attached hydrogens (tertiary/aromatic N) is 1. The molecule has 36 heavy (non-hydrogen) atoms. The number of amides is 2. The Hall–Kier alpha value is -2.66. The van der Waals surface area contributed by atoms with Crippen LogP contribution in [0.5, 0.6) is 0 Å². The first-order valence-corrected chi connectivity index (χ1v) is 12.6. The molecule has 2 aromatic rings. The lowest BCUT2D eigenvalue weighted by Gasteiger charge is -2.37. The molecule has 9 heteroatoms. The quantitative estimate of drug-likeness (QED) is 0.450. The molecule has 0 aromatic heterocycles. The molecule has 0 radical (unpaired) electrons. The molecule has 0 aliphatic carbocycles. The van der Waals surface area contributed by atoms with Crippen molar-refractivity contribution in [1.82, 2.24) is 16.0 Å². The van der Waals surface area contributed by atoms with Crippen LogP contribution in [0.3, 0.4) is 0 Å². The summed E-state index contributed by atoms with van der Waals surface area (Å²) in [4.78, 5) is 24.7. The Morgan fingerprint density at radius 3 is 2.33 bits per heavy atom. The fourth-order valence-corrected chi connectivity index (χ4v) is 5.33. The first-order valence-electron chi connectivity index (χ1n) is 11.8. The lowest BCUT2D eigenvalue weighted by Crippen LogP contribution is -2.47. The maximum absolute atomic E-state index is 15.5. The van der Waals surface area contributed by atoms with E-state index in [4.69, 9.17) is 23.2 Å². The van der Waals surface area contributed by atoms with Crippen LogP contribution in [0.25, 0.3) is 0 Å². The summed E-state index contributed by atoms with van der Waals surface area (Å²) in [5.41, 5.74) is -0.692. The fourth-order valence-electron chi connectivity index (χ4n) is 5.02. The summed E-state index contributed by atoms with van der Waals surface area (Å²) in [6, 6.07) is 12.6. The molecular formula is C27H31Cl2FN4O2. The van der Waals surface area contributed by atoms with Crippen LogP contribution in [0.2, 0.25) is 10.0 Å². The molecule has 192 valence electrons. The second-order valence-electron chi connectivity index (χ2n) is 10.3. The number of nitrogens with one attached hydrogen (secondary N) is 3. The molecule has 1 aliphatic heterocycles. The van der Waals surface area contributed by atoms with Gasteiger partial charge in [-0.25, -0.2) is 4.39 Å². The van der Waals surface area contributed by atoms with E-state index in [-0.39, 0.29) is 35.0 Å². The van der Waals surface area contributed by atoms with Crippen molar-refractivity contribution in [3.05, 3.63) is 69.5 Å². The summed E-state index contributed by atoms with van der Waals surface area (Å²) < 4.78 is 15.5. The van der Waals surface area contributed by atoms with Gasteiger partial charge in [-0.15, -0.1) is 0 Å². The number of carbonyl (C=O) groups excluding carboxylic acids is 2. The molecule has 0 unspecified atom stereocenters. The lowest BCUT2D eigenvalue weighted by atomic mass is 9.63. The van der Waals surface area contributed by atoms with Gasteiger partial charge in [0.2, 0.25) is 11.8 Å². The van der Waals surface area contributed by atoms with E-state index in [9.17, 15) is 14.9 Å². The molecule has 6 nitrogen and oxygen atoms in total. The molecule has 0 spiro atoms. The highest BCUT2D eigenvalue weighted by atomic mass is 35.5. The molecule has 1 fully saturated rings. The fraction of sp³-hybridized carbons (Fsp3) is 0.444. The van der Waals surface area contributed by atoms with Crippen LogP contribution >= 0.6 is 23.2 Å². The topological polar surface area (TPSA) is 94.0 Å². The highest BCUT2D eigenvalue weighted by Crippen LogP contribution is 2.52. The molecule has 0 saturated carbocycles. The molecular weight excluding hydrogens is 502 g/mol. The van der Waals surface area contributed by atoms with E-state index in [1.807, 2.05) is 0 Å². The molecule has 1 aliphatic rings. The van der Waals surface area contributed by atoms with Gasteiger partial charge in [-0.05, 0) is 41.2 Å². The summed E-state index contributed by atoms with van der Waals surface area (Å²) in [5, 5.41) is 20.1. The zero-order chi connectivity index (χ0) is 26.7. The highest BCUT2D eigenvalue weighted by molar-refractivity contribution is 6.31. The van der Waals surface area contributed by atoms with Crippen molar-refractivity contribution < 1.29 is 14.0 Å². The summed E-state index contributed by atoms with van der Waals surface area (Å²) in [6.07, 6.45) is 0.539. The predicted molar refractivity (Wildman–Crippen MR) is 139 cm³/mol. The SMILES string of the molecule is CC(=O)NCCNC(=O)[C@@H]1N[C@@H](CC(C)(C)C)[C@](C#N)(c2ccc(Cl)cc2)[C@H]1c1cccc(Cl)c1F. The predicted octanol–water partition coefficient (Wildman–Crippen LogP) is 4.71. The van der Waals surface area contributed by atoms with E-state index < -0.39 is 35.1 Å². The first-order chi connectivity index (χ1) is 16.9. The minimum atomic E-state index is -1.30. The third-order valence-electron chi connectivity index (χ3n) is 6.47. The van der Waals surface area contributed by atoms with Gasteiger partial charge in [-0.2, -0.15) is 5.26 Å². The maximum Gasteiger partial charge on any atom is 0.237 e. The number of rotatable bonds is 7. The smallest absolute Gasteiger partial charge is 0.237 e. The number of halogens is 3. The van der Waals surface area contributed by atoms with Crippen molar-refractivity contribution in [1.29, 1.82) is 5.26 Å². The highest BCUT2D eigenvalue weighted by Gasteiger charge is 2.60. The second kappa shape index (κ2) is 11.2. The third-order valence-corrected chi connectivity index (χ3v) is 7.02. The minimum absolute atomic E-state index is 0.0838. The van der Waals surface area contributed by atoms with Gasteiger partial charge in [0.25, 0.3) is 0 Å². The monoisotopic (exact) mass is 532 g/mol. The summed E-state index contributed by atoms with van der Waals surface area (Å²) in [7, 11) is 0. The third kappa shape index (κ3) is 5.83. The van der Waals surface area contributed by atoms with Crippen molar-refractivity contribution in [2.45, 2.75) is 57.5 Å². The standard InChI is InChI=1S/C27H31Cl2FN4O2/c1-16(35)32-12-13-33-25(36)24-22(19-6-5-7-20(29)23(19)30)27(15-31,17-8-10-18(28)11-9-17)21(34-24)14-26(2,3)4/h5-11,21-22,24,34H,12-14H2,1-4H3,(H,32,35)(H,33,36)/t21-,22-,24+,27-/m0/s1. The van der Waals surface area contributed by atoms with Crippen LogP contribution in [0.4, 0.5) is 4.39 Å². The zero-order valence-electron chi connectivity index (χ0n) is 20.8. The Labute approximate surface area is 221 Å². The number of hydrogen-bond acceptors (Lipinski definition) is 4. The van der Waals surface area contributed by atoms with Crippen LogP contribution < -0.4 is 16.0 Å². The van der Waals surface area contributed by atoms with Crippen molar-refractivity contribution >= 4 is 35.0 Å². The molecule has 3 N–H and O–H groups in total. The maximum atomic E-state index is 15.5. The van der Waals surface area contributed by atoms with Gasteiger partial charge in [-0.1, -0.05) is 68.2 Å². The number of nitriles is 1. The summed E-state index contributed by atoms with van der Waals surface area (Å²) in [5.74, 6) is -2.16. The Balaban J connectivity index is 2.18. The van der Waals surface area contributed by atoms with E-state index in [0.29, 0.717) is 17.0 Å². The Morgan fingerprint density at radius 1 is 1.11 bits per heavy atom. The second-order valence-corrected chi connectivity index (χ2v) is 11.2. The molecule has 3 rings (SSSR count). The van der Waals surface area contributed by atoms with Crippen molar-refractivity contribution in [2.24, 2.45) is 5.41 Å². The van der Waals surface area contributed by atoms with Crippen LogP contribution in [-0.4, -0.2) is 37.0 Å². The van der Waals surface area contributed by atoms with Crippen LogP contribution in [0.15, 0.2) is 42.5 Å². The van der Waals surface area contributed by atoms with E-state index in [2.05, 4.69) is 42.8 Å². The van der Waals surface area contributed by atoms with E-state index in [1.165, 1.54) is 13.0 Å². The number of hydrogen-bond donors (Lipinski definition) is 3. The van der Waals surface area contributed by atoms with E-state index in [0.717, 1.165) is 0 Å². The molecule has 2 aromatic carbocycles. The van der Waals surface area contributed by atoms with E-state index in [1.54, 1.807) is 36.4 Å². The van der Waals surface area contributed by atoms with Crippen LogP contribution in [0, 0.1) is 22.6 Å². The summed E-state index contributed by atoms with van der Waals surface area (Å²) >= 11 is 12.3. The largest absolute Gasteiger partial charge is 0.355 e. The van der Waals surface area contributed by atoms with Gasteiger partial charge < -0.3 is 16.0 Å². The van der Waals surface area contributed by atoms with Gasteiger partial charge in [0.15, 0.2) is 0 Å². The van der Waals surface area contributed by atoms with Crippen LogP contribution in [-0.2, 0) is 15.0 Å². The van der Waals surface area contributed by atoms with Gasteiger partial charge >= 0.3 is 0 Å². The van der Waals surface area contributed by atoms with Crippen molar-refractivity contribution in [2.75, 3.05) is 13.1 Å². The normalized spacial score (nSPS) is 23.7. The minimum Gasteiger partial charge on any atom is -0.355 e. The average molecular weight is 533 g/mol. The Morgan fingerprint density at radius 2 is 1.75 bits per heavy atom. The van der Waals surface area contributed by atoms with Crippen molar-refractivity contribution in [3.8, 4) is 6.07 Å². The van der Waals surface area contributed by atoms with Gasteiger partial charge in [-0.3, -0.25) is 9.59 Å². The Kier molecular flexibility index (Phi) is 8.66. The van der Waals surface area contributed by atoms with E-state index >= 15 is 4.39 Å². The average Bonchev–Trinajstić information content (AvgIpc) is 3.12. The lowest BCUT2D eigenvalue weighted by molar-refractivity contribution is -0.123. The molecule has 2 amide bonds. The molecule has 1 saturated heterocycles. The number of benzene rings is 2.